The van der Waals surface area contributed by atoms with Crippen LogP contribution in [0.4, 0.5) is 0 Å². The summed E-state index contributed by atoms with van der Waals surface area (Å²) in [5.74, 6) is 2.03. The zero-order chi connectivity index (χ0) is 13.1. The van der Waals surface area contributed by atoms with E-state index in [0.29, 0.717) is 6.42 Å². The number of likely N-dealkylation sites (N-methyl/N-ethyl adjacent to an activating group) is 1. The third-order valence-electron chi connectivity index (χ3n) is 3.00. The Morgan fingerprint density at radius 2 is 2.39 bits per heavy atom. The van der Waals surface area contributed by atoms with Crippen LogP contribution in [0.3, 0.4) is 0 Å². The van der Waals surface area contributed by atoms with Gasteiger partial charge in [-0.3, -0.25) is 4.79 Å². The van der Waals surface area contributed by atoms with Crippen LogP contribution in [-0.2, 0) is 11.2 Å². The number of carbonyl (C=O) groups is 1. The van der Waals surface area contributed by atoms with Crippen molar-refractivity contribution in [2.45, 2.75) is 12.5 Å². The third kappa shape index (κ3) is 2.08. The van der Waals surface area contributed by atoms with Crippen molar-refractivity contribution in [2.75, 3.05) is 7.05 Å². The van der Waals surface area contributed by atoms with Crippen LogP contribution in [0, 0.1) is 12.3 Å². The molecule has 0 unspecified atom stereocenters. The smallest absolute Gasteiger partial charge is 0.222 e. The molecule has 1 atom stereocenters. The topological polar surface area (TPSA) is 65.1 Å². The van der Waals surface area contributed by atoms with E-state index in [2.05, 4.69) is 16.2 Å². The number of hydrogen-bond acceptors (Lipinski definition) is 3. The Balaban J connectivity index is 2.38. The Labute approximate surface area is 105 Å². The maximum atomic E-state index is 11.5. The van der Waals surface area contributed by atoms with Gasteiger partial charge in [0, 0.05) is 17.1 Å². The Morgan fingerprint density at radius 3 is 3.06 bits per heavy atom. The van der Waals surface area contributed by atoms with Gasteiger partial charge in [-0.1, -0.05) is 6.07 Å². The number of aromatic amines is 1. The minimum Gasteiger partial charge on any atom is -0.507 e. The van der Waals surface area contributed by atoms with E-state index in [9.17, 15) is 9.90 Å². The van der Waals surface area contributed by atoms with Gasteiger partial charge in [-0.05, 0) is 37.1 Å². The van der Waals surface area contributed by atoms with E-state index in [4.69, 9.17) is 6.42 Å². The van der Waals surface area contributed by atoms with Crippen molar-refractivity contribution in [1.82, 2.24) is 10.3 Å². The number of aromatic hydroxyl groups is 1. The summed E-state index contributed by atoms with van der Waals surface area (Å²) in [7, 11) is 1.69. The van der Waals surface area contributed by atoms with Crippen LogP contribution < -0.4 is 5.32 Å². The summed E-state index contributed by atoms with van der Waals surface area (Å²) in [6.07, 6.45) is 7.36. The van der Waals surface area contributed by atoms with Crippen molar-refractivity contribution < 1.29 is 9.90 Å². The highest BCUT2D eigenvalue weighted by Crippen LogP contribution is 2.28. The maximum absolute atomic E-state index is 11.5. The molecule has 0 bridgehead atoms. The van der Waals surface area contributed by atoms with Gasteiger partial charge in [-0.2, -0.15) is 0 Å². The molecular weight excluding hydrogens is 228 g/mol. The van der Waals surface area contributed by atoms with E-state index in [1.54, 1.807) is 25.4 Å². The zero-order valence-corrected chi connectivity index (χ0v) is 10.0. The summed E-state index contributed by atoms with van der Waals surface area (Å²) < 4.78 is 0. The fraction of sp³-hybridized carbons (Fsp3) is 0.214. The average Bonchev–Trinajstić information content (AvgIpc) is 2.79. The zero-order valence-electron chi connectivity index (χ0n) is 10.0. The number of ketones is 1. The van der Waals surface area contributed by atoms with Crippen molar-refractivity contribution in [2.24, 2.45) is 0 Å². The van der Waals surface area contributed by atoms with E-state index in [-0.39, 0.29) is 11.5 Å². The van der Waals surface area contributed by atoms with E-state index < -0.39 is 6.04 Å². The molecule has 0 saturated heterocycles. The highest BCUT2D eigenvalue weighted by atomic mass is 16.3. The van der Waals surface area contributed by atoms with Gasteiger partial charge >= 0.3 is 0 Å². The van der Waals surface area contributed by atoms with Crippen LogP contribution in [0.15, 0.2) is 24.4 Å². The van der Waals surface area contributed by atoms with E-state index in [0.717, 1.165) is 16.5 Å². The average molecular weight is 242 g/mol. The fourth-order valence-corrected chi connectivity index (χ4v) is 2.04. The van der Waals surface area contributed by atoms with Gasteiger partial charge < -0.3 is 15.4 Å². The first-order valence-corrected chi connectivity index (χ1v) is 5.63. The molecular formula is C14H14N2O2. The molecule has 2 rings (SSSR count). The molecule has 92 valence electrons. The Bertz CT molecular complexity index is 622. The predicted molar refractivity (Wildman–Crippen MR) is 70.4 cm³/mol. The second-order valence-electron chi connectivity index (χ2n) is 4.07. The minimum atomic E-state index is -0.436. The highest BCUT2D eigenvalue weighted by molar-refractivity contribution is 6.00. The number of phenols is 1. The Morgan fingerprint density at radius 1 is 1.61 bits per heavy atom. The van der Waals surface area contributed by atoms with Crippen LogP contribution in [0.25, 0.3) is 10.9 Å². The standard InChI is InChI=1S/C14H14N2O2/c1-3-12(17)11(15-2)7-9-8-16-10-5-4-6-13(18)14(9)10/h1,4-6,8,11,15-16,18H,7H2,2H3/t11-/m0/s1. The largest absolute Gasteiger partial charge is 0.507 e. The molecule has 0 aliphatic carbocycles. The van der Waals surface area contributed by atoms with Crippen LogP contribution >= 0.6 is 0 Å². The van der Waals surface area contributed by atoms with Gasteiger partial charge in [0.05, 0.1) is 6.04 Å². The minimum absolute atomic E-state index is 0.201. The van der Waals surface area contributed by atoms with Crippen molar-refractivity contribution in [1.29, 1.82) is 0 Å². The highest BCUT2D eigenvalue weighted by Gasteiger charge is 2.17. The predicted octanol–water partition coefficient (Wildman–Crippen LogP) is 1.21. The third-order valence-corrected chi connectivity index (χ3v) is 3.00. The van der Waals surface area contributed by atoms with E-state index in [1.807, 2.05) is 6.07 Å². The SMILES string of the molecule is C#CC(=O)[C@H](Cc1c[nH]c2cccc(O)c12)NC. The number of terminal acetylenes is 1. The number of benzene rings is 1. The van der Waals surface area contributed by atoms with Crippen molar-refractivity contribution in [3.63, 3.8) is 0 Å². The second-order valence-corrected chi connectivity index (χ2v) is 4.07. The maximum Gasteiger partial charge on any atom is 0.222 e. The molecule has 0 saturated carbocycles. The molecule has 0 aliphatic rings. The number of nitrogens with one attached hydrogen (secondary N) is 2. The van der Waals surface area contributed by atoms with E-state index in [1.165, 1.54) is 0 Å². The van der Waals surface area contributed by atoms with Crippen molar-refractivity contribution in [3.8, 4) is 18.1 Å². The van der Waals surface area contributed by atoms with Crippen LogP contribution in [-0.4, -0.2) is 29.0 Å². The van der Waals surface area contributed by atoms with E-state index >= 15 is 0 Å². The molecule has 4 heteroatoms. The molecule has 1 aromatic heterocycles. The molecule has 2 aromatic rings. The number of phenolic OH excluding ortho intramolecular Hbond substituents is 1. The molecule has 0 amide bonds. The Kier molecular flexibility index (Phi) is 3.35. The quantitative estimate of drug-likeness (QED) is 0.557. The molecule has 0 radical (unpaired) electrons. The first kappa shape index (κ1) is 12.2. The van der Waals surface area contributed by atoms with Crippen molar-refractivity contribution >= 4 is 16.7 Å². The van der Waals surface area contributed by atoms with Gasteiger partial charge in [0.15, 0.2) is 0 Å². The molecule has 1 heterocycles. The fourth-order valence-electron chi connectivity index (χ4n) is 2.04. The van der Waals surface area contributed by atoms with Crippen LogP contribution in [0.2, 0.25) is 0 Å². The molecule has 0 spiro atoms. The first-order chi connectivity index (χ1) is 8.67. The lowest BCUT2D eigenvalue weighted by Gasteiger charge is -2.11. The first-order valence-electron chi connectivity index (χ1n) is 5.63. The summed E-state index contributed by atoms with van der Waals surface area (Å²) in [6, 6.07) is 4.82. The summed E-state index contributed by atoms with van der Waals surface area (Å²) in [6.45, 7) is 0. The van der Waals surface area contributed by atoms with Gasteiger partial charge in [0.1, 0.15) is 5.75 Å². The molecule has 1 aromatic carbocycles. The number of Topliss-reactive ketones (excluding diaryl/α,β-unsaturated/α-hetero) is 1. The van der Waals surface area contributed by atoms with Crippen LogP contribution in [0.1, 0.15) is 5.56 Å². The molecule has 4 nitrogen and oxygen atoms in total. The molecule has 3 N–H and O–H groups in total. The second kappa shape index (κ2) is 4.94. The van der Waals surface area contributed by atoms with Gasteiger partial charge in [0.2, 0.25) is 5.78 Å². The monoisotopic (exact) mass is 242 g/mol. The summed E-state index contributed by atoms with van der Waals surface area (Å²) in [5, 5.41) is 13.5. The van der Waals surface area contributed by atoms with Crippen LogP contribution in [0.5, 0.6) is 5.75 Å². The van der Waals surface area contributed by atoms with Gasteiger partial charge in [0.25, 0.3) is 0 Å². The van der Waals surface area contributed by atoms with Gasteiger partial charge in [-0.25, -0.2) is 0 Å². The Hall–Kier alpha value is -2.25. The van der Waals surface area contributed by atoms with Crippen molar-refractivity contribution in [3.05, 3.63) is 30.0 Å². The molecule has 0 aliphatic heterocycles. The normalized spacial score (nSPS) is 12.2. The lowest BCUT2D eigenvalue weighted by molar-refractivity contribution is -0.115. The number of carbonyl (C=O) groups excluding carboxylic acids is 1. The lowest BCUT2D eigenvalue weighted by atomic mass is 10.0. The number of rotatable bonds is 4. The number of fused-ring (bicyclic) bond motifs is 1. The number of H-pyrrole nitrogens is 1. The number of aromatic nitrogens is 1. The lowest BCUT2D eigenvalue weighted by Crippen LogP contribution is -2.35. The molecule has 18 heavy (non-hydrogen) atoms. The summed E-state index contributed by atoms with van der Waals surface area (Å²) in [5.41, 5.74) is 1.71. The van der Waals surface area contributed by atoms with Gasteiger partial charge in [-0.15, -0.1) is 6.42 Å². The molecule has 0 fully saturated rings. The number of hydrogen-bond donors (Lipinski definition) is 3. The summed E-state index contributed by atoms with van der Waals surface area (Å²) in [4.78, 5) is 14.6. The summed E-state index contributed by atoms with van der Waals surface area (Å²) >= 11 is 0.